The molecule has 1 saturated heterocycles. The fourth-order valence-corrected chi connectivity index (χ4v) is 2.24. The predicted octanol–water partition coefficient (Wildman–Crippen LogP) is 2.01. The van der Waals surface area contributed by atoms with Crippen LogP contribution in [-0.2, 0) is 11.3 Å². The van der Waals surface area contributed by atoms with Crippen molar-refractivity contribution in [2.75, 3.05) is 6.61 Å². The maximum absolute atomic E-state index is 12.4. The fraction of sp³-hybridized carbons (Fsp3) is 0.462. The van der Waals surface area contributed by atoms with Crippen molar-refractivity contribution in [1.29, 1.82) is 0 Å². The summed E-state index contributed by atoms with van der Waals surface area (Å²) in [6.45, 7) is 1.20. The number of pyridine rings is 1. The largest absolute Gasteiger partial charge is 0.415 e. The number of ether oxygens (including phenoxy) is 1. The van der Waals surface area contributed by atoms with Gasteiger partial charge in [0.1, 0.15) is 0 Å². The molecule has 112 valence electrons. The van der Waals surface area contributed by atoms with Gasteiger partial charge in [0.15, 0.2) is 0 Å². The third-order valence-electron chi connectivity index (χ3n) is 3.29. The van der Waals surface area contributed by atoms with E-state index >= 15 is 0 Å². The molecule has 1 aliphatic heterocycles. The molecule has 1 unspecified atom stereocenters. The second-order valence-corrected chi connectivity index (χ2v) is 4.79. The Morgan fingerprint density at radius 3 is 2.90 bits per heavy atom. The van der Waals surface area contributed by atoms with Crippen LogP contribution in [0.1, 0.15) is 25.2 Å². The number of hydrogen-bond donors (Lipinski definition) is 0. The molecule has 2 aromatic heterocycles. The van der Waals surface area contributed by atoms with Crippen molar-refractivity contribution in [3.8, 4) is 11.5 Å². The minimum Gasteiger partial charge on any atom is -0.415 e. The van der Waals surface area contributed by atoms with Crippen LogP contribution in [0.25, 0.3) is 11.5 Å². The van der Waals surface area contributed by atoms with Gasteiger partial charge in [0.05, 0.1) is 12.6 Å². The molecule has 2 aromatic rings. The van der Waals surface area contributed by atoms with Gasteiger partial charge in [-0.2, -0.15) is 8.78 Å². The zero-order valence-corrected chi connectivity index (χ0v) is 11.0. The van der Waals surface area contributed by atoms with E-state index in [1.54, 1.807) is 12.3 Å². The van der Waals surface area contributed by atoms with Gasteiger partial charge in [0.2, 0.25) is 5.89 Å². The van der Waals surface area contributed by atoms with Gasteiger partial charge < -0.3 is 13.7 Å². The number of nitrogens with zero attached hydrogens (tertiary/aromatic N) is 3. The Morgan fingerprint density at radius 2 is 2.29 bits per heavy atom. The van der Waals surface area contributed by atoms with Crippen molar-refractivity contribution in [3.63, 3.8) is 0 Å². The lowest BCUT2D eigenvalue weighted by molar-refractivity contribution is 0.0961. The van der Waals surface area contributed by atoms with E-state index in [9.17, 15) is 13.6 Å². The standard InChI is InChI=1S/C13H13F2N3O3/c14-11(15)13-17-16-12(21-13)8-3-4-18(10(19)6-8)7-9-2-1-5-20-9/h3-4,6,9,11H,1-2,5,7H2. The third-order valence-corrected chi connectivity index (χ3v) is 3.29. The Kier molecular flexibility index (Phi) is 3.78. The van der Waals surface area contributed by atoms with Crippen LogP contribution in [0.5, 0.6) is 0 Å². The van der Waals surface area contributed by atoms with E-state index in [4.69, 9.17) is 9.15 Å². The molecule has 8 heteroatoms. The molecular formula is C13H13F2N3O3. The zero-order chi connectivity index (χ0) is 14.8. The van der Waals surface area contributed by atoms with E-state index in [0.29, 0.717) is 12.1 Å². The van der Waals surface area contributed by atoms with Crippen LogP contribution in [0.15, 0.2) is 27.5 Å². The van der Waals surface area contributed by atoms with Gasteiger partial charge >= 0.3 is 6.43 Å². The number of hydrogen-bond acceptors (Lipinski definition) is 5. The van der Waals surface area contributed by atoms with Crippen molar-refractivity contribution in [2.24, 2.45) is 0 Å². The van der Waals surface area contributed by atoms with Crippen molar-refractivity contribution >= 4 is 0 Å². The van der Waals surface area contributed by atoms with Crippen molar-refractivity contribution in [1.82, 2.24) is 14.8 Å². The third kappa shape index (κ3) is 2.99. The lowest BCUT2D eigenvalue weighted by atomic mass is 10.2. The first-order valence-corrected chi connectivity index (χ1v) is 6.57. The molecule has 0 saturated carbocycles. The first-order valence-electron chi connectivity index (χ1n) is 6.57. The molecule has 21 heavy (non-hydrogen) atoms. The smallest absolute Gasteiger partial charge is 0.314 e. The summed E-state index contributed by atoms with van der Waals surface area (Å²) in [5.74, 6) is -0.847. The molecule has 1 atom stereocenters. The molecular weight excluding hydrogens is 284 g/mol. The molecule has 0 aliphatic carbocycles. The summed E-state index contributed by atoms with van der Waals surface area (Å²) >= 11 is 0. The van der Waals surface area contributed by atoms with Gasteiger partial charge in [0.25, 0.3) is 11.4 Å². The van der Waals surface area contributed by atoms with Gasteiger partial charge in [-0.15, -0.1) is 10.2 Å². The van der Waals surface area contributed by atoms with Crippen molar-refractivity contribution in [2.45, 2.75) is 31.9 Å². The Labute approximate surface area is 118 Å². The molecule has 0 amide bonds. The summed E-state index contributed by atoms with van der Waals surface area (Å²) in [6, 6.07) is 2.87. The number of aromatic nitrogens is 3. The summed E-state index contributed by atoms with van der Waals surface area (Å²) < 4.78 is 36.6. The number of halogens is 2. The van der Waals surface area contributed by atoms with Crippen LogP contribution in [0, 0.1) is 0 Å². The summed E-state index contributed by atoms with van der Waals surface area (Å²) in [7, 11) is 0. The first-order chi connectivity index (χ1) is 10.1. The molecule has 3 heterocycles. The Balaban J connectivity index is 1.81. The predicted molar refractivity (Wildman–Crippen MR) is 67.9 cm³/mol. The number of rotatable bonds is 4. The molecule has 0 N–H and O–H groups in total. The maximum Gasteiger partial charge on any atom is 0.314 e. The monoisotopic (exact) mass is 297 g/mol. The van der Waals surface area contributed by atoms with Gasteiger partial charge in [-0.1, -0.05) is 0 Å². The second kappa shape index (κ2) is 5.72. The van der Waals surface area contributed by atoms with Gasteiger partial charge in [-0.25, -0.2) is 0 Å². The Hall–Kier alpha value is -2.09. The SMILES string of the molecule is O=c1cc(-c2nnc(C(F)F)o2)ccn1CC1CCCO1. The van der Waals surface area contributed by atoms with E-state index in [1.807, 2.05) is 0 Å². The summed E-state index contributed by atoms with van der Waals surface area (Å²) in [6.07, 6.45) is 0.713. The average molecular weight is 297 g/mol. The van der Waals surface area contributed by atoms with Crippen molar-refractivity contribution in [3.05, 3.63) is 34.6 Å². The second-order valence-electron chi connectivity index (χ2n) is 4.79. The highest BCUT2D eigenvalue weighted by Gasteiger charge is 2.19. The quantitative estimate of drug-likeness (QED) is 0.863. The Bertz CT molecular complexity index is 677. The minimum absolute atomic E-state index is 0.0439. The topological polar surface area (TPSA) is 70.2 Å². The highest BCUT2D eigenvalue weighted by atomic mass is 19.3. The normalized spacial score (nSPS) is 18.5. The highest BCUT2D eigenvalue weighted by Crippen LogP contribution is 2.22. The van der Waals surface area contributed by atoms with Crippen LogP contribution < -0.4 is 5.56 Å². The molecule has 0 radical (unpaired) electrons. The summed E-state index contributed by atoms with van der Waals surface area (Å²) in [5, 5.41) is 6.74. The zero-order valence-electron chi connectivity index (χ0n) is 11.0. The Morgan fingerprint density at radius 1 is 1.43 bits per heavy atom. The summed E-state index contributed by atoms with van der Waals surface area (Å²) in [4.78, 5) is 12.0. The minimum atomic E-state index is -2.83. The van der Waals surface area contributed by atoms with E-state index in [2.05, 4.69) is 10.2 Å². The molecule has 0 bridgehead atoms. The van der Waals surface area contributed by atoms with Crippen molar-refractivity contribution < 1.29 is 17.9 Å². The van der Waals surface area contributed by atoms with Gasteiger partial charge in [-0.05, 0) is 18.9 Å². The van der Waals surface area contributed by atoms with Gasteiger partial charge in [-0.3, -0.25) is 4.79 Å². The molecule has 0 aromatic carbocycles. The average Bonchev–Trinajstić information content (AvgIpc) is 3.12. The van der Waals surface area contributed by atoms with Crippen LogP contribution in [0.3, 0.4) is 0 Å². The van der Waals surface area contributed by atoms with E-state index < -0.39 is 12.3 Å². The first kappa shape index (κ1) is 13.9. The molecule has 1 fully saturated rings. The molecule has 6 nitrogen and oxygen atoms in total. The summed E-state index contributed by atoms with van der Waals surface area (Å²) in [5.41, 5.74) is 0.0581. The number of alkyl halides is 2. The lowest BCUT2D eigenvalue weighted by Gasteiger charge is -2.11. The van der Waals surface area contributed by atoms with E-state index in [0.717, 1.165) is 19.4 Å². The fourth-order valence-electron chi connectivity index (χ4n) is 2.24. The molecule has 1 aliphatic rings. The van der Waals surface area contributed by atoms with Crippen LogP contribution in [0.2, 0.25) is 0 Å². The van der Waals surface area contributed by atoms with Crippen LogP contribution >= 0.6 is 0 Å². The van der Waals surface area contributed by atoms with E-state index in [1.165, 1.54) is 10.6 Å². The molecule has 3 rings (SSSR count). The van der Waals surface area contributed by atoms with Gasteiger partial charge in [0, 0.05) is 24.4 Å². The van der Waals surface area contributed by atoms with Crippen LogP contribution in [-0.4, -0.2) is 27.5 Å². The maximum atomic E-state index is 12.4. The highest BCUT2D eigenvalue weighted by molar-refractivity contribution is 5.50. The van der Waals surface area contributed by atoms with E-state index in [-0.39, 0.29) is 17.6 Å². The lowest BCUT2D eigenvalue weighted by Crippen LogP contribution is -2.25. The van der Waals surface area contributed by atoms with Crippen LogP contribution in [0.4, 0.5) is 8.78 Å². The molecule has 0 spiro atoms.